The number of phenols is 1. The first-order valence-corrected chi connectivity index (χ1v) is 5.80. The number of aliphatic hydroxyl groups excluding tert-OH is 1. The van der Waals surface area contributed by atoms with Gasteiger partial charge in [0.25, 0.3) is 5.91 Å². The molecule has 0 aliphatic rings. The van der Waals surface area contributed by atoms with Crippen LogP contribution < -0.4 is 5.32 Å². The fraction of sp³-hybridized carbons (Fsp3) is 0.462. The number of rotatable bonds is 5. The van der Waals surface area contributed by atoms with Gasteiger partial charge in [0.2, 0.25) is 0 Å². The van der Waals surface area contributed by atoms with E-state index in [1.807, 2.05) is 13.8 Å². The Morgan fingerprint density at radius 2 is 2.18 bits per heavy atom. The van der Waals surface area contributed by atoms with Crippen molar-refractivity contribution in [3.8, 4) is 5.75 Å². The Morgan fingerprint density at radius 3 is 2.76 bits per heavy atom. The van der Waals surface area contributed by atoms with Crippen molar-refractivity contribution in [3.63, 3.8) is 0 Å². The van der Waals surface area contributed by atoms with Gasteiger partial charge in [-0.25, -0.2) is 0 Å². The molecule has 17 heavy (non-hydrogen) atoms. The summed E-state index contributed by atoms with van der Waals surface area (Å²) in [6.07, 6.45) is 0.808. The molecule has 0 heterocycles. The average molecular weight is 237 g/mol. The Kier molecular flexibility index (Phi) is 4.97. The van der Waals surface area contributed by atoms with E-state index in [4.69, 9.17) is 0 Å². The average Bonchev–Trinajstić information content (AvgIpc) is 2.28. The molecular weight excluding hydrogens is 218 g/mol. The van der Waals surface area contributed by atoms with E-state index in [0.717, 1.165) is 5.56 Å². The molecule has 0 aliphatic heterocycles. The van der Waals surface area contributed by atoms with Crippen LogP contribution in [0.4, 0.5) is 0 Å². The van der Waals surface area contributed by atoms with E-state index in [0.29, 0.717) is 19.4 Å². The molecule has 1 atom stereocenters. The van der Waals surface area contributed by atoms with Gasteiger partial charge in [0.05, 0.1) is 11.7 Å². The first kappa shape index (κ1) is 13.5. The van der Waals surface area contributed by atoms with Crippen LogP contribution in [0.25, 0.3) is 0 Å². The summed E-state index contributed by atoms with van der Waals surface area (Å²) in [5, 5.41) is 21.6. The number of carbonyl (C=O) groups excluding carboxylic acids is 1. The lowest BCUT2D eigenvalue weighted by atomic mass is 10.1. The number of hydrogen-bond donors (Lipinski definition) is 3. The Balaban J connectivity index is 2.52. The number of benzene rings is 1. The van der Waals surface area contributed by atoms with Gasteiger partial charge in [-0.2, -0.15) is 0 Å². The minimum Gasteiger partial charge on any atom is -0.507 e. The van der Waals surface area contributed by atoms with Crippen LogP contribution in [0, 0.1) is 6.92 Å². The smallest absolute Gasteiger partial charge is 0.255 e. The van der Waals surface area contributed by atoms with E-state index in [2.05, 4.69) is 5.32 Å². The molecule has 0 bridgehead atoms. The topological polar surface area (TPSA) is 69.6 Å². The molecule has 0 saturated carbocycles. The van der Waals surface area contributed by atoms with Gasteiger partial charge in [-0.3, -0.25) is 4.79 Å². The molecule has 0 aromatic heterocycles. The maximum absolute atomic E-state index is 11.7. The van der Waals surface area contributed by atoms with Crippen LogP contribution in [0.5, 0.6) is 5.75 Å². The SMILES string of the molecule is CCC(O)CCNC(=O)c1ccc(C)cc1O. The van der Waals surface area contributed by atoms with Gasteiger partial charge in [0.15, 0.2) is 0 Å². The van der Waals surface area contributed by atoms with Crippen molar-refractivity contribution in [2.24, 2.45) is 0 Å². The third kappa shape index (κ3) is 4.07. The van der Waals surface area contributed by atoms with E-state index in [1.54, 1.807) is 18.2 Å². The van der Waals surface area contributed by atoms with Gasteiger partial charge in [0.1, 0.15) is 5.75 Å². The molecule has 0 saturated heterocycles. The van der Waals surface area contributed by atoms with Gasteiger partial charge >= 0.3 is 0 Å². The van der Waals surface area contributed by atoms with E-state index in [9.17, 15) is 15.0 Å². The van der Waals surface area contributed by atoms with Crippen LogP contribution in [-0.2, 0) is 0 Å². The van der Waals surface area contributed by atoms with Crippen molar-refractivity contribution in [2.45, 2.75) is 32.8 Å². The second-order valence-corrected chi connectivity index (χ2v) is 4.13. The van der Waals surface area contributed by atoms with E-state index >= 15 is 0 Å². The van der Waals surface area contributed by atoms with Crippen molar-refractivity contribution in [3.05, 3.63) is 29.3 Å². The Hall–Kier alpha value is -1.55. The molecule has 0 spiro atoms. The summed E-state index contributed by atoms with van der Waals surface area (Å²) in [4.78, 5) is 11.7. The van der Waals surface area contributed by atoms with Crippen molar-refractivity contribution in [1.29, 1.82) is 0 Å². The summed E-state index contributed by atoms with van der Waals surface area (Å²) in [5.41, 5.74) is 1.17. The summed E-state index contributed by atoms with van der Waals surface area (Å²) >= 11 is 0. The van der Waals surface area contributed by atoms with Crippen molar-refractivity contribution < 1.29 is 15.0 Å². The molecule has 0 aliphatic carbocycles. The molecule has 1 aromatic rings. The summed E-state index contributed by atoms with van der Waals surface area (Å²) in [5.74, 6) is -0.329. The van der Waals surface area contributed by atoms with Crippen molar-refractivity contribution in [1.82, 2.24) is 5.32 Å². The molecule has 0 fully saturated rings. The van der Waals surface area contributed by atoms with Gasteiger partial charge in [-0.15, -0.1) is 0 Å². The number of aliphatic hydroxyl groups is 1. The molecule has 1 rings (SSSR count). The minimum atomic E-state index is -0.387. The second kappa shape index (κ2) is 6.25. The zero-order valence-electron chi connectivity index (χ0n) is 10.2. The lowest BCUT2D eigenvalue weighted by molar-refractivity contribution is 0.0939. The molecule has 94 valence electrons. The highest BCUT2D eigenvalue weighted by Crippen LogP contribution is 2.18. The Labute approximate surface area is 101 Å². The van der Waals surface area contributed by atoms with Crippen LogP contribution in [0.1, 0.15) is 35.7 Å². The number of phenolic OH excluding ortho intramolecular Hbond substituents is 1. The quantitative estimate of drug-likeness (QED) is 0.728. The van der Waals surface area contributed by atoms with Crippen LogP contribution in [0.2, 0.25) is 0 Å². The van der Waals surface area contributed by atoms with Gasteiger partial charge in [-0.1, -0.05) is 13.0 Å². The summed E-state index contributed by atoms with van der Waals surface area (Å²) in [7, 11) is 0. The van der Waals surface area contributed by atoms with Crippen LogP contribution in [-0.4, -0.2) is 28.8 Å². The standard InChI is InChI=1S/C13H19NO3/c1-3-10(15)6-7-14-13(17)11-5-4-9(2)8-12(11)16/h4-5,8,10,15-16H,3,6-7H2,1-2H3,(H,14,17). The number of hydrogen-bond acceptors (Lipinski definition) is 3. The van der Waals surface area contributed by atoms with Crippen LogP contribution >= 0.6 is 0 Å². The molecule has 1 aromatic carbocycles. The maximum atomic E-state index is 11.7. The first-order chi connectivity index (χ1) is 8.04. The Morgan fingerprint density at radius 1 is 1.47 bits per heavy atom. The molecule has 0 radical (unpaired) electrons. The van der Waals surface area contributed by atoms with E-state index in [-0.39, 0.29) is 23.3 Å². The molecule has 4 heteroatoms. The number of amides is 1. The van der Waals surface area contributed by atoms with Gasteiger partial charge in [-0.05, 0) is 37.5 Å². The lowest BCUT2D eigenvalue weighted by Crippen LogP contribution is -2.27. The zero-order chi connectivity index (χ0) is 12.8. The largest absolute Gasteiger partial charge is 0.507 e. The number of carbonyl (C=O) groups is 1. The molecule has 4 nitrogen and oxygen atoms in total. The number of aryl methyl sites for hydroxylation is 1. The number of aromatic hydroxyl groups is 1. The molecular formula is C13H19NO3. The van der Waals surface area contributed by atoms with Crippen molar-refractivity contribution >= 4 is 5.91 Å². The summed E-state index contributed by atoms with van der Waals surface area (Å²) in [6, 6.07) is 4.92. The maximum Gasteiger partial charge on any atom is 0.255 e. The highest BCUT2D eigenvalue weighted by atomic mass is 16.3. The summed E-state index contributed by atoms with van der Waals surface area (Å²) < 4.78 is 0. The van der Waals surface area contributed by atoms with Gasteiger partial charge < -0.3 is 15.5 Å². The van der Waals surface area contributed by atoms with Crippen molar-refractivity contribution in [2.75, 3.05) is 6.54 Å². The zero-order valence-corrected chi connectivity index (χ0v) is 10.2. The monoisotopic (exact) mass is 237 g/mol. The van der Waals surface area contributed by atoms with E-state index < -0.39 is 0 Å². The highest BCUT2D eigenvalue weighted by molar-refractivity contribution is 5.96. The summed E-state index contributed by atoms with van der Waals surface area (Å²) in [6.45, 7) is 4.14. The third-order valence-electron chi connectivity index (χ3n) is 2.63. The lowest BCUT2D eigenvalue weighted by Gasteiger charge is -2.09. The minimum absolute atomic E-state index is 0.0152. The molecule has 3 N–H and O–H groups in total. The van der Waals surface area contributed by atoms with Crippen LogP contribution in [0.15, 0.2) is 18.2 Å². The second-order valence-electron chi connectivity index (χ2n) is 4.13. The van der Waals surface area contributed by atoms with E-state index in [1.165, 1.54) is 0 Å². The normalized spacial score (nSPS) is 12.2. The fourth-order valence-electron chi connectivity index (χ4n) is 1.49. The third-order valence-corrected chi connectivity index (χ3v) is 2.63. The fourth-order valence-corrected chi connectivity index (χ4v) is 1.49. The number of nitrogens with one attached hydrogen (secondary N) is 1. The molecule has 1 unspecified atom stereocenters. The van der Waals surface area contributed by atoms with Crippen LogP contribution in [0.3, 0.4) is 0 Å². The predicted octanol–water partition coefficient (Wildman–Crippen LogP) is 1.59. The first-order valence-electron chi connectivity index (χ1n) is 5.80. The van der Waals surface area contributed by atoms with Gasteiger partial charge in [0, 0.05) is 6.54 Å². The predicted molar refractivity (Wildman–Crippen MR) is 66.1 cm³/mol. The highest BCUT2D eigenvalue weighted by Gasteiger charge is 2.10. The molecule has 1 amide bonds. The Bertz CT molecular complexity index is 390.